The summed E-state index contributed by atoms with van der Waals surface area (Å²) in [7, 11) is 1.54. The number of alkyl halides is 3. The number of ether oxygens (including phenoxy) is 1. The highest BCUT2D eigenvalue weighted by Crippen LogP contribution is 2.33. The maximum absolute atomic E-state index is 13.5. The van der Waals surface area contributed by atoms with E-state index in [2.05, 4.69) is 15.7 Å². The molecule has 2 aromatic rings. The van der Waals surface area contributed by atoms with Crippen LogP contribution >= 0.6 is 0 Å². The second kappa shape index (κ2) is 9.01. The van der Waals surface area contributed by atoms with Gasteiger partial charge >= 0.3 is 6.18 Å². The molecule has 1 aromatic heterocycles. The smallest absolute Gasteiger partial charge is 0.383 e. The highest BCUT2D eigenvalue weighted by atomic mass is 19.4. The molecule has 2 rings (SSSR count). The highest BCUT2D eigenvalue weighted by molar-refractivity contribution is 5.78. The molecule has 0 radical (unpaired) electrons. The summed E-state index contributed by atoms with van der Waals surface area (Å²) in [5.41, 5.74) is 0.990. The van der Waals surface area contributed by atoms with E-state index in [1.165, 1.54) is 17.9 Å². The molecule has 0 unspecified atom stereocenters. The molecule has 0 aliphatic carbocycles. The quantitative estimate of drug-likeness (QED) is 0.686. The number of hydrogen-bond acceptors (Lipinski definition) is 4. The van der Waals surface area contributed by atoms with Crippen LogP contribution in [0.1, 0.15) is 22.5 Å². The lowest BCUT2D eigenvalue weighted by Crippen LogP contribution is -2.35. The van der Waals surface area contributed by atoms with Gasteiger partial charge in [0.1, 0.15) is 0 Å². The van der Waals surface area contributed by atoms with Gasteiger partial charge in [0.05, 0.1) is 30.1 Å². The van der Waals surface area contributed by atoms with Crippen LogP contribution in [0.5, 0.6) is 0 Å². The fourth-order valence-corrected chi connectivity index (χ4v) is 2.64. The van der Waals surface area contributed by atoms with Gasteiger partial charge in [0.15, 0.2) is 0 Å². The molecule has 0 bridgehead atoms. The highest BCUT2D eigenvalue weighted by Gasteiger charge is 2.34. The van der Waals surface area contributed by atoms with Gasteiger partial charge in [-0.15, -0.1) is 0 Å². The van der Waals surface area contributed by atoms with Gasteiger partial charge in [0, 0.05) is 25.9 Å². The van der Waals surface area contributed by atoms with E-state index in [0.717, 1.165) is 17.5 Å². The Hall–Kier alpha value is -2.39. The molecule has 0 aliphatic rings. The van der Waals surface area contributed by atoms with Crippen molar-refractivity contribution in [1.82, 2.24) is 20.4 Å². The monoisotopic (exact) mass is 384 g/mol. The Morgan fingerprint density at radius 1 is 1.26 bits per heavy atom. The third kappa shape index (κ3) is 5.80. The average molecular weight is 384 g/mol. The summed E-state index contributed by atoms with van der Waals surface area (Å²) in [4.78, 5) is 11.8. The zero-order valence-electron chi connectivity index (χ0n) is 15.5. The van der Waals surface area contributed by atoms with Gasteiger partial charge < -0.3 is 15.4 Å². The van der Waals surface area contributed by atoms with Crippen molar-refractivity contribution in [2.75, 3.05) is 26.8 Å². The van der Waals surface area contributed by atoms with Crippen molar-refractivity contribution in [3.63, 3.8) is 0 Å². The van der Waals surface area contributed by atoms with Gasteiger partial charge in [-0.05, 0) is 37.6 Å². The molecule has 27 heavy (non-hydrogen) atoms. The average Bonchev–Trinajstić information content (AvgIpc) is 2.94. The lowest BCUT2D eigenvalue weighted by atomic mass is 10.1. The molecule has 0 spiro atoms. The Morgan fingerprint density at radius 3 is 2.59 bits per heavy atom. The number of rotatable bonds is 8. The minimum absolute atomic E-state index is 0.00183. The van der Waals surface area contributed by atoms with Crippen LogP contribution in [0, 0.1) is 13.8 Å². The molecule has 148 valence electrons. The van der Waals surface area contributed by atoms with Crippen molar-refractivity contribution in [3.8, 4) is 5.69 Å². The maximum atomic E-state index is 13.5. The first-order valence-corrected chi connectivity index (χ1v) is 8.42. The van der Waals surface area contributed by atoms with Crippen LogP contribution in [0.25, 0.3) is 5.69 Å². The lowest BCUT2D eigenvalue weighted by Gasteiger charge is -2.16. The number of benzene rings is 1. The number of aryl methyl sites for hydroxylation is 2. The Labute approximate surface area is 155 Å². The molecular formula is C18H23F3N4O2. The second-order valence-corrected chi connectivity index (χ2v) is 6.12. The normalized spacial score (nSPS) is 11.6. The minimum Gasteiger partial charge on any atom is -0.383 e. The van der Waals surface area contributed by atoms with Crippen LogP contribution in [0.3, 0.4) is 0 Å². The predicted octanol–water partition coefficient (Wildman–Crippen LogP) is 2.36. The molecule has 1 aromatic carbocycles. The summed E-state index contributed by atoms with van der Waals surface area (Å²) in [6.45, 7) is 4.27. The standard InChI is InChI=1S/C18H23F3N4O2/c1-12-8-13(2)25(24-12)15-5-4-14(16(9-15)18(19,20)21)10-23-17(26)11-22-6-7-27-3/h4-5,8-9,22H,6-7,10-11H2,1-3H3,(H,23,26). The Morgan fingerprint density at radius 2 is 2.00 bits per heavy atom. The van der Waals surface area contributed by atoms with Crippen molar-refractivity contribution in [2.45, 2.75) is 26.6 Å². The van der Waals surface area contributed by atoms with Crippen molar-refractivity contribution < 1.29 is 22.7 Å². The summed E-state index contributed by atoms with van der Waals surface area (Å²) >= 11 is 0. The molecule has 0 atom stereocenters. The fraction of sp³-hybridized carbons (Fsp3) is 0.444. The Kier molecular flexibility index (Phi) is 6.98. The van der Waals surface area contributed by atoms with Gasteiger partial charge in [0.25, 0.3) is 0 Å². The third-order valence-corrected chi connectivity index (χ3v) is 3.90. The molecule has 6 nitrogen and oxygen atoms in total. The van der Waals surface area contributed by atoms with Crippen LogP contribution in [-0.4, -0.2) is 42.5 Å². The van der Waals surface area contributed by atoms with E-state index in [4.69, 9.17) is 4.74 Å². The number of aromatic nitrogens is 2. The first-order chi connectivity index (χ1) is 12.7. The molecule has 2 N–H and O–H groups in total. The Bertz CT molecular complexity index is 787. The fourth-order valence-electron chi connectivity index (χ4n) is 2.64. The first kappa shape index (κ1) is 20.9. The van der Waals surface area contributed by atoms with Crippen molar-refractivity contribution in [2.24, 2.45) is 0 Å². The first-order valence-electron chi connectivity index (χ1n) is 8.42. The zero-order chi connectivity index (χ0) is 20.0. The van der Waals surface area contributed by atoms with Gasteiger partial charge in [-0.25, -0.2) is 4.68 Å². The number of carbonyl (C=O) groups is 1. The number of nitrogens with zero attached hydrogens (tertiary/aromatic N) is 2. The van der Waals surface area contributed by atoms with E-state index >= 15 is 0 Å². The molecule has 0 fully saturated rings. The van der Waals surface area contributed by atoms with Crippen LogP contribution < -0.4 is 10.6 Å². The number of carbonyl (C=O) groups excluding carboxylic acids is 1. The molecule has 0 saturated heterocycles. The number of halogens is 3. The predicted molar refractivity (Wildman–Crippen MR) is 94.6 cm³/mol. The second-order valence-electron chi connectivity index (χ2n) is 6.12. The summed E-state index contributed by atoms with van der Waals surface area (Å²) in [6.07, 6.45) is -4.54. The maximum Gasteiger partial charge on any atom is 0.416 e. The van der Waals surface area contributed by atoms with E-state index in [1.54, 1.807) is 26.0 Å². The zero-order valence-corrected chi connectivity index (χ0v) is 15.5. The van der Waals surface area contributed by atoms with E-state index < -0.39 is 11.7 Å². The summed E-state index contributed by atoms with van der Waals surface area (Å²) in [6, 6.07) is 5.77. The van der Waals surface area contributed by atoms with Crippen LogP contribution in [0.2, 0.25) is 0 Å². The van der Waals surface area contributed by atoms with Crippen LogP contribution in [0.15, 0.2) is 24.3 Å². The number of nitrogens with one attached hydrogen (secondary N) is 2. The van der Waals surface area contributed by atoms with Gasteiger partial charge in [-0.1, -0.05) is 6.07 Å². The van der Waals surface area contributed by atoms with E-state index in [9.17, 15) is 18.0 Å². The van der Waals surface area contributed by atoms with Crippen molar-refractivity contribution >= 4 is 5.91 Å². The lowest BCUT2D eigenvalue weighted by molar-refractivity contribution is -0.138. The van der Waals surface area contributed by atoms with E-state index in [-0.39, 0.29) is 24.6 Å². The van der Waals surface area contributed by atoms with Gasteiger partial charge in [0.2, 0.25) is 5.91 Å². The summed E-state index contributed by atoms with van der Waals surface area (Å²) in [5, 5.41) is 9.55. The topological polar surface area (TPSA) is 68.2 Å². The third-order valence-electron chi connectivity index (χ3n) is 3.90. The number of amides is 1. The van der Waals surface area contributed by atoms with Gasteiger partial charge in [-0.2, -0.15) is 18.3 Å². The van der Waals surface area contributed by atoms with E-state index in [1.807, 2.05) is 0 Å². The molecule has 1 amide bonds. The van der Waals surface area contributed by atoms with E-state index in [0.29, 0.717) is 18.8 Å². The van der Waals surface area contributed by atoms with Crippen molar-refractivity contribution in [3.05, 3.63) is 46.8 Å². The van der Waals surface area contributed by atoms with Crippen LogP contribution in [-0.2, 0) is 22.3 Å². The van der Waals surface area contributed by atoms with Crippen molar-refractivity contribution in [1.29, 1.82) is 0 Å². The summed E-state index contributed by atoms with van der Waals surface area (Å²) < 4.78 is 46.8. The Balaban J connectivity index is 2.14. The molecule has 9 heteroatoms. The summed E-state index contributed by atoms with van der Waals surface area (Å²) in [5.74, 6) is -0.387. The molecule has 1 heterocycles. The van der Waals surface area contributed by atoms with Crippen LogP contribution in [0.4, 0.5) is 13.2 Å². The molecule has 0 saturated carbocycles. The van der Waals surface area contributed by atoms with Gasteiger partial charge in [-0.3, -0.25) is 4.79 Å². The molecule has 0 aliphatic heterocycles. The number of methoxy groups -OCH3 is 1. The number of hydrogen-bond donors (Lipinski definition) is 2. The minimum atomic E-state index is -4.54. The SMILES string of the molecule is COCCNCC(=O)NCc1ccc(-n2nc(C)cc2C)cc1C(F)(F)F. The molecular weight excluding hydrogens is 361 g/mol. The largest absolute Gasteiger partial charge is 0.416 e.